The minimum atomic E-state index is -0.165. The minimum Gasteiger partial charge on any atom is -0.373 e. The van der Waals surface area contributed by atoms with Crippen molar-refractivity contribution in [2.45, 2.75) is 57.7 Å². The van der Waals surface area contributed by atoms with Gasteiger partial charge < -0.3 is 10.5 Å². The van der Waals surface area contributed by atoms with Gasteiger partial charge in [0.25, 0.3) is 0 Å². The summed E-state index contributed by atoms with van der Waals surface area (Å²) in [5.41, 5.74) is 7.39. The van der Waals surface area contributed by atoms with Gasteiger partial charge in [-0.15, -0.1) is 0 Å². The maximum absolute atomic E-state index is 6.46. The van der Waals surface area contributed by atoms with Gasteiger partial charge in [0.1, 0.15) is 0 Å². The van der Waals surface area contributed by atoms with Gasteiger partial charge in [-0.3, -0.25) is 4.68 Å². The minimum absolute atomic E-state index is 0.0626. The van der Waals surface area contributed by atoms with Gasteiger partial charge >= 0.3 is 0 Å². The number of aromatic nitrogens is 2. The number of hydrogen-bond acceptors (Lipinski definition) is 3. The Balaban J connectivity index is 2.24. The predicted octanol–water partition coefficient (Wildman–Crippen LogP) is 2.25. The first-order valence-electron chi connectivity index (χ1n) is 6.64. The highest BCUT2D eigenvalue weighted by Crippen LogP contribution is 2.41. The average molecular weight is 237 g/mol. The van der Waals surface area contributed by atoms with Gasteiger partial charge in [0.2, 0.25) is 0 Å². The molecule has 0 spiro atoms. The molecule has 96 valence electrons. The Labute approximate surface area is 103 Å². The molecule has 17 heavy (non-hydrogen) atoms. The summed E-state index contributed by atoms with van der Waals surface area (Å²) in [6, 6.07) is 1.96. The first kappa shape index (κ1) is 12.6. The third-order valence-electron chi connectivity index (χ3n) is 3.82. The van der Waals surface area contributed by atoms with E-state index in [1.54, 1.807) is 0 Å². The molecule has 1 aromatic heterocycles. The molecular formula is C13H23N3O. The van der Waals surface area contributed by atoms with E-state index in [9.17, 15) is 0 Å². The van der Waals surface area contributed by atoms with Crippen molar-refractivity contribution in [3.63, 3.8) is 0 Å². The summed E-state index contributed by atoms with van der Waals surface area (Å²) in [6.45, 7) is 5.72. The van der Waals surface area contributed by atoms with Crippen LogP contribution in [0.25, 0.3) is 0 Å². The lowest BCUT2D eigenvalue weighted by molar-refractivity contribution is -0.0553. The fourth-order valence-corrected chi connectivity index (χ4v) is 2.95. The standard InChI is InChI=1S/C13H23N3O/c1-3-16-11(7-10-15-16)12(14)13(17-4-2)8-5-6-9-13/h7,10,12H,3-6,8-9,14H2,1-2H3. The van der Waals surface area contributed by atoms with Crippen molar-refractivity contribution < 1.29 is 4.74 Å². The Morgan fingerprint density at radius 1 is 1.47 bits per heavy atom. The molecule has 1 atom stereocenters. The molecule has 2 N–H and O–H groups in total. The van der Waals surface area contributed by atoms with Crippen LogP contribution in [0.5, 0.6) is 0 Å². The zero-order valence-electron chi connectivity index (χ0n) is 10.9. The van der Waals surface area contributed by atoms with E-state index in [2.05, 4.69) is 12.0 Å². The van der Waals surface area contributed by atoms with Crippen LogP contribution in [-0.2, 0) is 11.3 Å². The van der Waals surface area contributed by atoms with E-state index in [0.29, 0.717) is 0 Å². The van der Waals surface area contributed by atoms with Gasteiger partial charge in [-0.2, -0.15) is 5.10 Å². The highest BCUT2D eigenvalue weighted by molar-refractivity contribution is 5.14. The molecule has 1 fully saturated rings. The lowest BCUT2D eigenvalue weighted by atomic mass is 9.90. The lowest BCUT2D eigenvalue weighted by Crippen LogP contribution is -2.42. The Bertz CT molecular complexity index is 355. The summed E-state index contributed by atoms with van der Waals surface area (Å²) >= 11 is 0. The van der Waals surface area contributed by atoms with E-state index in [1.165, 1.54) is 12.8 Å². The van der Waals surface area contributed by atoms with Gasteiger partial charge in [-0.25, -0.2) is 0 Å². The van der Waals surface area contributed by atoms with Crippen molar-refractivity contribution in [3.8, 4) is 0 Å². The van der Waals surface area contributed by atoms with E-state index in [0.717, 1.165) is 31.7 Å². The van der Waals surface area contributed by atoms with Crippen molar-refractivity contribution in [2.75, 3.05) is 6.61 Å². The fourth-order valence-electron chi connectivity index (χ4n) is 2.95. The van der Waals surface area contributed by atoms with Crippen LogP contribution in [0, 0.1) is 0 Å². The Hall–Kier alpha value is -0.870. The second-order valence-corrected chi connectivity index (χ2v) is 4.75. The molecular weight excluding hydrogens is 214 g/mol. The highest BCUT2D eigenvalue weighted by Gasteiger charge is 2.42. The van der Waals surface area contributed by atoms with Crippen molar-refractivity contribution in [1.82, 2.24) is 9.78 Å². The number of nitrogens with two attached hydrogens (primary N) is 1. The van der Waals surface area contributed by atoms with Crippen molar-refractivity contribution >= 4 is 0 Å². The molecule has 4 heteroatoms. The molecule has 0 amide bonds. The average Bonchev–Trinajstić information content (AvgIpc) is 2.97. The van der Waals surface area contributed by atoms with Crippen LogP contribution >= 0.6 is 0 Å². The molecule has 0 radical (unpaired) electrons. The molecule has 1 aliphatic rings. The molecule has 0 saturated heterocycles. The summed E-state index contributed by atoms with van der Waals surface area (Å²) in [6.07, 6.45) is 6.39. The van der Waals surface area contributed by atoms with Crippen LogP contribution in [-0.4, -0.2) is 22.0 Å². The largest absolute Gasteiger partial charge is 0.373 e. The summed E-state index contributed by atoms with van der Waals surface area (Å²) in [5.74, 6) is 0. The zero-order chi connectivity index (χ0) is 12.3. The Morgan fingerprint density at radius 2 is 2.18 bits per heavy atom. The summed E-state index contributed by atoms with van der Waals surface area (Å²) in [7, 11) is 0. The molecule has 1 unspecified atom stereocenters. The number of aryl methyl sites for hydroxylation is 1. The SMILES string of the molecule is CCOC1(C(N)c2ccnn2CC)CCCC1. The third-order valence-corrected chi connectivity index (χ3v) is 3.82. The molecule has 0 aromatic carbocycles. The van der Waals surface area contributed by atoms with Crippen LogP contribution in [0.4, 0.5) is 0 Å². The highest BCUT2D eigenvalue weighted by atomic mass is 16.5. The van der Waals surface area contributed by atoms with Gasteiger partial charge in [-0.05, 0) is 32.8 Å². The van der Waals surface area contributed by atoms with Crippen LogP contribution in [0.15, 0.2) is 12.3 Å². The maximum Gasteiger partial charge on any atom is 0.0889 e. The van der Waals surface area contributed by atoms with Crippen LogP contribution in [0.1, 0.15) is 51.3 Å². The van der Waals surface area contributed by atoms with E-state index in [-0.39, 0.29) is 11.6 Å². The first-order valence-corrected chi connectivity index (χ1v) is 6.64. The second kappa shape index (κ2) is 5.19. The van der Waals surface area contributed by atoms with Gasteiger partial charge in [0, 0.05) is 19.3 Å². The number of ether oxygens (including phenoxy) is 1. The van der Waals surface area contributed by atoms with Crippen LogP contribution < -0.4 is 5.73 Å². The smallest absolute Gasteiger partial charge is 0.0889 e. The van der Waals surface area contributed by atoms with E-state index in [1.807, 2.05) is 23.9 Å². The molecule has 4 nitrogen and oxygen atoms in total. The Kier molecular flexibility index (Phi) is 3.84. The summed E-state index contributed by atoms with van der Waals surface area (Å²) < 4.78 is 7.99. The number of hydrogen-bond donors (Lipinski definition) is 1. The lowest BCUT2D eigenvalue weighted by Gasteiger charge is -2.35. The molecule has 1 aromatic rings. The molecule has 1 heterocycles. The number of nitrogens with zero attached hydrogens (tertiary/aromatic N) is 2. The topological polar surface area (TPSA) is 53.1 Å². The van der Waals surface area contributed by atoms with Crippen molar-refractivity contribution in [1.29, 1.82) is 0 Å². The van der Waals surface area contributed by atoms with E-state index >= 15 is 0 Å². The molecule has 0 aliphatic heterocycles. The second-order valence-electron chi connectivity index (χ2n) is 4.75. The third kappa shape index (κ3) is 2.24. The monoisotopic (exact) mass is 237 g/mol. The normalized spacial score (nSPS) is 20.6. The first-order chi connectivity index (χ1) is 8.23. The Morgan fingerprint density at radius 3 is 2.76 bits per heavy atom. The molecule has 1 aliphatic carbocycles. The van der Waals surface area contributed by atoms with Crippen molar-refractivity contribution in [3.05, 3.63) is 18.0 Å². The van der Waals surface area contributed by atoms with Gasteiger partial charge in [0.15, 0.2) is 0 Å². The molecule has 1 saturated carbocycles. The maximum atomic E-state index is 6.46. The van der Waals surface area contributed by atoms with Crippen molar-refractivity contribution in [2.24, 2.45) is 5.73 Å². The summed E-state index contributed by atoms with van der Waals surface area (Å²) in [4.78, 5) is 0. The number of rotatable bonds is 5. The summed E-state index contributed by atoms with van der Waals surface area (Å²) in [5, 5.41) is 4.30. The van der Waals surface area contributed by atoms with Gasteiger partial charge in [0.05, 0.1) is 17.3 Å². The fraction of sp³-hybridized carbons (Fsp3) is 0.769. The van der Waals surface area contributed by atoms with Gasteiger partial charge in [-0.1, -0.05) is 12.8 Å². The zero-order valence-corrected chi connectivity index (χ0v) is 10.9. The van der Waals surface area contributed by atoms with E-state index < -0.39 is 0 Å². The molecule has 0 bridgehead atoms. The molecule has 2 rings (SSSR count). The predicted molar refractivity (Wildman–Crippen MR) is 67.7 cm³/mol. The van der Waals surface area contributed by atoms with E-state index in [4.69, 9.17) is 10.5 Å². The van der Waals surface area contributed by atoms with Crippen LogP contribution in [0.2, 0.25) is 0 Å². The van der Waals surface area contributed by atoms with Crippen LogP contribution in [0.3, 0.4) is 0 Å². The quantitative estimate of drug-likeness (QED) is 0.854.